The zero-order chi connectivity index (χ0) is 17.8. The predicted octanol–water partition coefficient (Wildman–Crippen LogP) is 3.62. The second-order valence-electron chi connectivity index (χ2n) is 5.65. The van der Waals surface area contributed by atoms with Gasteiger partial charge >= 0.3 is 0 Å². The highest BCUT2D eigenvalue weighted by atomic mass is 15.1. The van der Waals surface area contributed by atoms with Crippen molar-refractivity contribution in [2.75, 3.05) is 19.0 Å². The van der Waals surface area contributed by atoms with Crippen LogP contribution in [0, 0.1) is 22.7 Å². The van der Waals surface area contributed by atoms with E-state index in [9.17, 15) is 10.5 Å². The third-order valence-corrected chi connectivity index (χ3v) is 3.81. The summed E-state index contributed by atoms with van der Waals surface area (Å²) in [6.07, 6.45) is 0. The lowest BCUT2D eigenvalue weighted by Gasteiger charge is -2.14. The number of hydrogen-bond acceptors (Lipinski definition) is 5. The number of benzene rings is 2. The molecule has 5 nitrogen and oxygen atoms in total. The van der Waals surface area contributed by atoms with Gasteiger partial charge in [-0.15, -0.1) is 0 Å². The smallest absolute Gasteiger partial charge is 0.177 e. The Morgan fingerprint density at radius 3 is 1.64 bits per heavy atom. The summed E-state index contributed by atoms with van der Waals surface area (Å²) in [4.78, 5) is 10.8. The largest absolute Gasteiger partial charge is 0.378 e. The minimum Gasteiger partial charge on any atom is -0.378 e. The van der Waals surface area contributed by atoms with Gasteiger partial charge in [0.1, 0.15) is 12.1 Å². The maximum atomic E-state index is 9.29. The molecule has 5 heteroatoms. The molecule has 120 valence electrons. The second-order valence-corrected chi connectivity index (χ2v) is 5.65. The minimum atomic E-state index is 0.0360. The maximum absolute atomic E-state index is 9.29. The summed E-state index contributed by atoms with van der Waals surface area (Å²) in [5.74, 6) is 0. The molecule has 0 saturated carbocycles. The van der Waals surface area contributed by atoms with Crippen molar-refractivity contribution in [3.63, 3.8) is 0 Å². The topological polar surface area (TPSA) is 76.6 Å². The van der Waals surface area contributed by atoms with Crippen molar-refractivity contribution in [2.24, 2.45) is 0 Å². The van der Waals surface area contributed by atoms with E-state index in [4.69, 9.17) is 0 Å². The summed E-state index contributed by atoms with van der Waals surface area (Å²) >= 11 is 0. The van der Waals surface area contributed by atoms with Crippen LogP contribution in [0.1, 0.15) is 11.4 Å². The SMILES string of the molecule is CN(C)c1ccc(-c2nc(C#N)c(C#N)nc2-c2ccccc2)cc1. The summed E-state index contributed by atoms with van der Waals surface area (Å²) in [5.41, 5.74) is 4.01. The van der Waals surface area contributed by atoms with Gasteiger partial charge in [-0.2, -0.15) is 10.5 Å². The van der Waals surface area contributed by atoms with Crippen LogP contribution in [0.15, 0.2) is 54.6 Å². The first-order valence-electron chi connectivity index (χ1n) is 7.69. The Morgan fingerprint density at radius 1 is 0.720 bits per heavy atom. The molecule has 0 radical (unpaired) electrons. The Hall–Kier alpha value is -3.70. The molecule has 25 heavy (non-hydrogen) atoms. The molecule has 3 rings (SSSR count). The highest BCUT2D eigenvalue weighted by molar-refractivity contribution is 5.79. The Morgan fingerprint density at radius 2 is 1.20 bits per heavy atom. The van der Waals surface area contributed by atoms with Gasteiger partial charge in [0.05, 0.1) is 11.4 Å². The van der Waals surface area contributed by atoms with Crippen molar-refractivity contribution in [2.45, 2.75) is 0 Å². The van der Waals surface area contributed by atoms with E-state index in [0.717, 1.165) is 16.8 Å². The molecule has 0 fully saturated rings. The van der Waals surface area contributed by atoms with Gasteiger partial charge in [0.15, 0.2) is 11.4 Å². The summed E-state index contributed by atoms with van der Waals surface area (Å²) < 4.78 is 0. The van der Waals surface area contributed by atoms with Crippen LogP contribution in [0.5, 0.6) is 0 Å². The fraction of sp³-hybridized carbons (Fsp3) is 0.100. The summed E-state index contributed by atoms with van der Waals surface area (Å²) in [6.45, 7) is 0. The fourth-order valence-corrected chi connectivity index (χ4v) is 2.51. The Kier molecular flexibility index (Phi) is 4.41. The molecule has 1 aromatic heterocycles. The van der Waals surface area contributed by atoms with Gasteiger partial charge in [-0.1, -0.05) is 42.5 Å². The molecule has 3 aromatic rings. The van der Waals surface area contributed by atoms with E-state index in [1.165, 1.54) is 0 Å². The van der Waals surface area contributed by atoms with Crippen LogP contribution >= 0.6 is 0 Å². The summed E-state index contributed by atoms with van der Waals surface area (Å²) in [5, 5.41) is 18.6. The lowest BCUT2D eigenvalue weighted by atomic mass is 10.0. The van der Waals surface area contributed by atoms with E-state index in [1.807, 2.05) is 85.7 Å². The van der Waals surface area contributed by atoms with Gasteiger partial charge in [0, 0.05) is 30.9 Å². The first-order valence-corrected chi connectivity index (χ1v) is 7.69. The van der Waals surface area contributed by atoms with Crippen LogP contribution in [0.3, 0.4) is 0 Å². The Bertz CT molecular complexity index is 978. The van der Waals surface area contributed by atoms with E-state index in [2.05, 4.69) is 9.97 Å². The van der Waals surface area contributed by atoms with Crippen LogP contribution < -0.4 is 4.90 Å². The molecule has 0 amide bonds. The molecule has 0 saturated heterocycles. The van der Waals surface area contributed by atoms with Crippen molar-refractivity contribution in [1.82, 2.24) is 9.97 Å². The second kappa shape index (κ2) is 6.82. The van der Waals surface area contributed by atoms with Gasteiger partial charge in [-0.25, -0.2) is 9.97 Å². The van der Waals surface area contributed by atoms with Crippen LogP contribution in [-0.4, -0.2) is 24.1 Å². The highest BCUT2D eigenvalue weighted by Crippen LogP contribution is 2.30. The molecule has 0 aliphatic rings. The summed E-state index contributed by atoms with van der Waals surface area (Å²) in [6, 6.07) is 21.3. The van der Waals surface area contributed by atoms with Gasteiger partial charge in [-0.05, 0) is 12.1 Å². The molecule has 1 heterocycles. The molecule has 0 atom stereocenters. The zero-order valence-electron chi connectivity index (χ0n) is 13.9. The average Bonchev–Trinajstić information content (AvgIpc) is 2.67. The lowest BCUT2D eigenvalue weighted by molar-refractivity contribution is 1.12. The molecular weight excluding hydrogens is 310 g/mol. The van der Waals surface area contributed by atoms with E-state index in [0.29, 0.717) is 11.4 Å². The van der Waals surface area contributed by atoms with Crippen LogP contribution in [-0.2, 0) is 0 Å². The molecule has 2 aromatic carbocycles. The highest BCUT2D eigenvalue weighted by Gasteiger charge is 2.16. The van der Waals surface area contributed by atoms with Gasteiger partial charge < -0.3 is 4.90 Å². The molecule has 0 bridgehead atoms. The first-order chi connectivity index (χ1) is 12.1. The fourth-order valence-electron chi connectivity index (χ4n) is 2.51. The van der Waals surface area contributed by atoms with Gasteiger partial charge in [-0.3, -0.25) is 0 Å². The van der Waals surface area contributed by atoms with Crippen LogP contribution in [0.25, 0.3) is 22.5 Å². The standard InChI is InChI=1S/C20H15N5/c1-25(2)16-10-8-15(9-11-16)20-19(14-6-4-3-5-7-14)23-17(12-21)18(13-22)24-20/h3-11H,1-2H3. The van der Waals surface area contributed by atoms with Crippen molar-refractivity contribution in [3.05, 3.63) is 66.0 Å². The minimum absolute atomic E-state index is 0.0360. The normalized spacial score (nSPS) is 9.92. The van der Waals surface area contributed by atoms with Gasteiger partial charge in [0.25, 0.3) is 0 Å². The number of anilines is 1. The van der Waals surface area contributed by atoms with Crippen molar-refractivity contribution < 1.29 is 0 Å². The molecule has 0 unspecified atom stereocenters. The third-order valence-electron chi connectivity index (χ3n) is 3.81. The van der Waals surface area contributed by atoms with E-state index >= 15 is 0 Å². The van der Waals surface area contributed by atoms with Crippen molar-refractivity contribution in [1.29, 1.82) is 10.5 Å². The Labute approximate surface area is 146 Å². The quantitative estimate of drug-likeness (QED) is 0.735. The molecule has 0 N–H and O–H groups in total. The number of nitrogens with zero attached hydrogens (tertiary/aromatic N) is 5. The van der Waals surface area contributed by atoms with E-state index in [-0.39, 0.29) is 11.4 Å². The number of aromatic nitrogens is 2. The third kappa shape index (κ3) is 3.17. The Balaban J connectivity index is 2.24. The zero-order valence-corrected chi connectivity index (χ0v) is 13.9. The monoisotopic (exact) mass is 325 g/mol. The summed E-state index contributed by atoms with van der Waals surface area (Å²) in [7, 11) is 3.94. The average molecular weight is 325 g/mol. The first kappa shape index (κ1) is 16.2. The van der Waals surface area contributed by atoms with Crippen molar-refractivity contribution >= 4 is 5.69 Å². The molecule has 0 aliphatic heterocycles. The predicted molar refractivity (Wildman–Crippen MR) is 96.7 cm³/mol. The van der Waals surface area contributed by atoms with Crippen LogP contribution in [0.4, 0.5) is 5.69 Å². The van der Waals surface area contributed by atoms with Crippen LogP contribution in [0.2, 0.25) is 0 Å². The van der Waals surface area contributed by atoms with Gasteiger partial charge in [0.2, 0.25) is 0 Å². The van der Waals surface area contributed by atoms with E-state index in [1.54, 1.807) is 0 Å². The number of hydrogen-bond donors (Lipinski definition) is 0. The number of nitriles is 2. The maximum Gasteiger partial charge on any atom is 0.177 e. The number of rotatable bonds is 3. The molecule has 0 spiro atoms. The molecular formula is C20H15N5. The lowest BCUT2D eigenvalue weighted by Crippen LogP contribution is -2.08. The van der Waals surface area contributed by atoms with E-state index < -0.39 is 0 Å². The van der Waals surface area contributed by atoms with Crippen molar-refractivity contribution in [3.8, 4) is 34.7 Å². The molecule has 0 aliphatic carbocycles.